The van der Waals surface area contributed by atoms with Crippen molar-refractivity contribution in [1.82, 2.24) is 5.32 Å². The molecule has 1 N–H and O–H groups in total. The van der Waals surface area contributed by atoms with Gasteiger partial charge in [-0.1, -0.05) is 74.5 Å². The van der Waals surface area contributed by atoms with Crippen LogP contribution in [0.15, 0.2) is 89.8 Å². The normalized spacial score (nSPS) is 12.4. The molecule has 3 aromatic carbocycles. The maximum Gasteiger partial charge on any atom is 0.264 e. The van der Waals surface area contributed by atoms with Gasteiger partial charge in [0.1, 0.15) is 6.54 Å². The number of aryl methyl sites for hydroxylation is 1. The van der Waals surface area contributed by atoms with Gasteiger partial charge in [0.15, 0.2) is 0 Å². The molecule has 0 heterocycles. The molecule has 3 aromatic rings. The molecule has 174 valence electrons. The van der Waals surface area contributed by atoms with E-state index in [0.29, 0.717) is 11.6 Å². The number of hydrogen-bond donors (Lipinski definition) is 1. The van der Waals surface area contributed by atoms with Gasteiger partial charge in [-0.2, -0.15) is 0 Å². The first-order valence-corrected chi connectivity index (χ1v) is 12.7. The number of benzene rings is 3. The van der Waals surface area contributed by atoms with E-state index >= 15 is 0 Å². The van der Waals surface area contributed by atoms with Crippen LogP contribution in [-0.2, 0) is 21.2 Å². The average Bonchev–Trinajstić information content (AvgIpc) is 2.82. The second kappa shape index (κ2) is 11.1. The van der Waals surface area contributed by atoms with Crippen LogP contribution in [0.4, 0.5) is 5.69 Å². The first-order valence-electron chi connectivity index (χ1n) is 11.3. The highest BCUT2D eigenvalue weighted by Crippen LogP contribution is 2.25. The van der Waals surface area contributed by atoms with E-state index in [2.05, 4.69) is 31.3 Å². The van der Waals surface area contributed by atoms with Crippen LogP contribution >= 0.6 is 0 Å². The van der Waals surface area contributed by atoms with Gasteiger partial charge in [-0.05, 0) is 61.1 Å². The predicted octanol–water partition coefficient (Wildman–Crippen LogP) is 5.14. The van der Waals surface area contributed by atoms with E-state index in [0.717, 1.165) is 18.4 Å². The fourth-order valence-corrected chi connectivity index (χ4v) is 5.05. The maximum atomic E-state index is 13.4. The molecule has 5 nitrogen and oxygen atoms in total. The minimum Gasteiger partial charge on any atom is -0.352 e. The van der Waals surface area contributed by atoms with Crippen LogP contribution in [0.5, 0.6) is 0 Å². The first-order chi connectivity index (χ1) is 15.8. The highest BCUT2D eigenvalue weighted by Gasteiger charge is 2.27. The lowest BCUT2D eigenvalue weighted by Crippen LogP contribution is -2.43. The number of carbonyl (C=O) groups is 1. The quantitative estimate of drug-likeness (QED) is 0.452. The van der Waals surface area contributed by atoms with E-state index < -0.39 is 10.0 Å². The molecule has 0 saturated heterocycles. The average molecular weight is 465 g/mol. The molecule has 0 bridgehead atoms. The van der Waals surface area contributed by atoms with Crippen LogP contribution in [0.1, 0.15) is 44.2 Å². The van der Waals surface area contributed by atoms with Crippen molar-refractivity contribution in [1.29, 1.82) is 0 Å². The number of carbonyl (C=O) groups excluding carboxylic acids is 1. The molecule has 1 atom stereocenters. The van der Waals surface area contributed by atoms with Crippen molar-refractivity contribution in [3.8, 4) is 0 Å². The Labute approximate surface area is 197 Å². The summed E-state index contributed by atoms with van der Waals surface area (Å²) >= 11 is 0. The Morgan fingerprint density at radius 2 is 1.42 bits per heavy atom. The first kappa shape index (κ1) is 24.5. The second-order valence-electron chi connectivity index (χ2n) is 8.56. The number of nitrogens with one attached hydrogen (secondary N) is 1. The summed E-state index contributed by atoms with van der Waals surface area (Å²) in [7, 11) is -3.90. The van der Waals surface area contributed by atoms with Gasteiger partial charge >= 0.3 is 0 Å². The molecule has 0 spiro atoms. The Bertz CT molecular complexity index is 1130. The molecule has 6 heteroatoms. The zero-order valence-corrected chi connectivity index (χ0v) is 20.3. The smallest absolute Gasteiger partial charge is 0.264 e. The highest BCUT2D eigenvalue weighted by molar-refractivity contribution is 7.92. The fraction of sp³-hybridized carbons (Fsp3) is 0.296. The van der Waals surface area contributed by atoms with E-state index in [1.54, 1.807) is 42.5 Å². The van der Waals surface area contributed by atoms with Gasteiger partial charge in [-0.25, -0.2) is 8.42 Å². The molecule has 0 radical (unpaired) electrons. The number of hydrogen-bond acceptors (Lipinski definition) is 3. The third-order valence-corrected chi connectivity index (χ3v) is 7.37. The van der Waals surface area contributed by atoms with Gasteiger partial charge in [0, 0.05) is 6.04 Å². The van der Waals surface area contributed by atoms with Crippen LogP contribution in [0.3, 0.4) is 0 Å². The summed E-state index contributed by atoms with van der Waals surface area (Å²) in [5.74, 6) is -0.00463. The lowest BCUT2D eigenvalue weighted by molar-refractivity contribution is -0.120. The van der Waals surface area contributed by atoms with Crippen molar-refractivity contribution in [2.24, 2.45) is 0 Å². The Kier molecular flexibility index (Phi) is 8.28. The van der Waals surface area contributed by atoms with Gasteiger partial charge in [-0.3, -0.25) is 9.10 Å². The second-order valence-corrected chi connectivity index (χ2v) is 10.4. The van der Waals surface area contributed by atoms with Crippen LogP contribution in [0.25, 0.3) is 0 Å². The molecule has 1 amide bonds. The van der Waals surface area contributed by atoms with Crippen molar-refractivity contribution in [3.05, 3.63) is 96.1 Å². The minimum atomic E-state index is -3.90. The zero-order chi connectivity index (χ0) is 23.8. The van der Waals surface area contributed by atoms with E-state index in [9.17, 15) is 13.2 Å². The predicted molar refractivity (Wildman–Crippen MR) is 134 cm³/mol. The molecule has 0 aliphatic rings. The summed E-state index contributed by atoms with van der Waals surface area (Å²) in [6.45, 7) is 5.82. The molecular formula is C27H32N2O3S. The lowest BCUT2D eigenvalue weighted by atomic mass is 10.0. The fourth-order valence-electron chi connectivity index (χ4n) is 3.61. The number of sulfonamides is 1. The Balaban J connectivity index is 1.77. The maximum absolute atomic E-state index is 13.4. The summed E-state index contributed by atoms with van der Waals surface area (Å²) in [4.78, 5) is 13.0. The minimum absolute atomic E-state index is 0.0812. The van der Waals surface area contributed by atoms with Crippen LogP contribution in [0.2, 0.25) is 0 Å². The monoisotopic (exact) mass is 464 g/mol. The standard InChI is InChI=1S/C27H32N2O3S/c1-21(2)24-16-18-25(19-17-24)29(33(31,32)26-12-8-5-9-13-26)20-27(30)28-22(3)14-15-23-10-6-4-7-11-23/h4-13,16-19,21-22H,14-15,20H2,1-3H3,(H,28,30)/t22-/m1/s1. The SMILES string of the molecule is CC(C)c1ccc(N(CC(=O)N[C@H](C)CCc2ccccc2)S(=O)(=O)c2ccccc2)cc1. The van der Waals surface area contributed by atoms with Crippen LogP contribution < -0.4 is 9.62 Å². The third-order valence-electron chi connectivity index (χ3n) is 5.58. The van der Waals surface area contributed by atoms with Crippen molar-refractivity contribution in [2.45, 2.75) is 50.5 Å². The molecule has 0 saturated carbocycles. The Morgan fingerprint density at radius 1 is 0.848 bits per heavy atom. The third kappa shape index (κ3) is 6.68. The molecule has 0 aromatic heterocycles. The topological polar surface area (TPSA) is 66.5 Å². The van der Waals surface area contributed by atoms with E-state index in [4.69, 9.17) is 0 Å². The van der Waals surface area contributed by atoms with Crippen molar-refractivity contribution in [2.75, 3.05) is 10.8 Å². The van der Waals surface area contributed by atoms with Gasteiger partial charge in [-0.15, -0.1) is 0 Å². The van der Waals surface area contributed by atoms with E-state index in [1.807, 2.05) is 37.3 Å². The zero-order valence-electron chi connectivity index (χ0n) is 19.4. The summed E-state index contributed by atoms with van der Waals surface area (Å²) in [6.07, 6.45) is 1.61. The summed E-state index contributed by atoms with van der Waals surface area (Å²) in [6, 6.07) is 25.6. The summed E-state index contributed by atoms with van der Waals surface area (Å²) < 4.78 is 28.0. The molecule has 33 heavy (non-hydrogen) atoms. The van der Waals surface area contributed by atoms with Crippen molar-refractivity contribution in [3.63, 3.8) is 0 Å². The van der Waals surface area contributed by atoms with Crippen molar-refractivity contribution < 1.29 is 13.2 Å². The van der Waals surface area contributed by atoms with Crippen LogP contribution in [0, 0.1) is 0 Å². The number of nitrogens with zero attached hydrogens (tertiary/aromatic N) is 1. The van der Waals surface area contributed by atoms with Gasteiger partial charge in [0.05, 0.1) is 10.6 Å². The van der Waals surface area contributed by atoms with Gasteiger partial charge in [0.2, 0.25) is 5.91 Å². The molecule has 0 aliphatic heterocycles. The molecule has 3 rings (SSSR count). The van der Waals surface area contributed by atoms with Crippen LogP contribution in [-0.4, -0.2) is 26.9 Å². The van der Waals surface area contributed by atoms with E-state index in [-0.39, 0.29) is 23.4 Å². The highest BCUT2D eigenvalue weighted by atomic mass is 32.2. The number of rotatable bonds is 10. The van der Waals surface area contributed by atoms with Crippen molar-refractivity contribution >= 4 is 21.6 Å². The molecule has 0 unspecified atom stereocenters. The Morgan fingerprint density at radius 3 is 2.00 bits per heavy atom. The largest absolute Gasteiger partial charge is 0.352 e. The van der Waals surface area contributed by atoms with Gasteiger partial charge < -0.3 is 5.32 Å². The summed E-state index contributed by atoms with van der Waals surface area (Å²) in [5.41, 5.74) is 2.78. The summed E-state index contributed by atoms with van der Waals surface area (Å²) in [5, 5.41) is 2.96. The number of amides is 1. The van der Waals surface area contributed by atoms with E-state index in [1.165, 1.54) is 9.87 Å². The van der Waals surface area contributed by atoms with Gasteiger partial charge in [0.25, 0.3) is 10.0 Å². The molecule has 0 aliphatic carbocycles. The lowest BCUT2D eigenvalue weighted by Gasteiger charge is -2.25. The molecule has 0 fully saturated rings. The number of anilines is 1. The molecular weight excluding hydrogens is 432 g/mol. The Hall–Kier alpha value is -3.12.